The third-order valence-corrected chi connectivity index (χ3v) is 7.73. The SMILES string of the molecule is CC(C)(C)C(=O)OCCNP(=O)(OC[C@@]1(C)O[C@@H](c2ccc3c(N)ncnn23)[C@H](O)[C@@H]1O)Oc1ccccc1. The number of aromatic nitrogens is 3. The average molecular weight is 564 g/mol. The number of fused-ring (bicyclic) bond motifs is 1. The number of hydrogen-bond donors (Lipinski definition) is 4. The summed E-state index contributed by atoms with van der Waals surface area (Å²) in [7, 11) is -4.07. The second-order valence-corrected chi connectivity index (χ2v) is 12.2. The number of nitrogens with zero attached hydrogens (tertiary/aromatic N) is 3. The molecule has 0 bridgehead atoms. The number of aliphatic hydroxyl groups is 2. The van der Waals surface area contributed by atoms with E-state index >= 15 is 0 Å². The second-order valence-electron chi connectivity index (χ2n) is 10.5. The number of carbonyl (C=O) groups excluding carboxylic acids is 1. The summed E-state index contributed by atoms with van der Waals surface area (Å²) in [5.41, 5.74) is 4.69. The lowest BCUT2D eigenvalue weighted by Crippen LogP contribution is -2.44. The van der Waals surface area contributed by atoms with Crippen molar-refractivity contribution in [3.8, 4) is 5.75 Å². The Morgan fingerprint density at radius 1 is 1.23 bits per heavy atom. The third kappa shape index (κ3) is 6.40. The van der Waals surface area contributed by atoms with E-state index in [1.54, 1.807) is 63.2 Å². The molecule has 3 heterocycles. The molecule has 0 spiro atoms. The molecule has 1 aromatic carbocycles. The maximum Gasteiger partial charge on any atom is 0.458 e. The summed E-state index contributed by atoms with van der Waals surface area (Å²) in [6.45, 7) is 6.17. The molecule has 0 saturated carbocycles. The molecule has 212 valence electrons. The zero-order valence-corrected chi connectivity index (χ0v) is 23.1. The minimum absolute atomic E-state index is 0.0332. The molecule has 1 unspecified atom stereocenters. The number of nitrogens with one attached hydrogen (secondary N) is 1. The molecule has 14 heteroatoms. The van der Waals surface area contributed by atoms with Crippen LogP contribution in [-0.4, -0.2) is 68.3 Å². The van der Waals surface area contributed by atoms with Gasteiger partial charge in [-0.15, -0.1) is 0 Å². The number of nitrogen functional groups attached to an aromatic ring is 1. The van der Waals surface area contributed by atoms with Gasteiger partial charge in [0.1, 0.15) is 48.1 Å². The lowest BCUT2D eigenvalue weighted by atomic mass is 9.97. The van der Waals surface area contributed by atoms with Crippen molar-refractivity contribution in [2.75, 3.05) is 25.5 Å². The minimum Gasteiger partial charge on any atom is -0.464 e. The Bertz CT molecular complexity index is 1350. The van der Waals surface area contributed by atoms with Crippen molar-refractivity contribution in [1.29, 1.82) is 0 Å². The van der Waals surface area contributed by atoms with Crippen LogP contribution < -0.4 is 15.3 Å². The molecule has 0 radical (unpaired) electrons. The Labute approximate surface area is 225 Å². The molecule has 5 atom stereocenters. The lowest BCUT2D eigenvalue weighted by molar-refractivity contribution is -0.152. The number of rotatable bonds is 10. The number of nitrogens with two attached hydrogens (primary N) is 1. The van der Waals surface area contributed by atoms with Crippen molar-refractivity contribution in [2.45, 2.75) is 51.6 Å². The normalized spacial score (nSPS) is 24.9. The van der Waals surface area contributed by atoms with Gasteiger partial charge < -0.3 is 29.9 Å². The van der Waals surface area contributed by atoms with E-state index in [0.29, 0.717) is 11.2 Å². The van der Waals surface area contributed by atoms with Crippen LogP contribution in [0.15, 0.2) is 48.8 Å². The van der Waals surface area contributed by atoms with E-state index in [4.69, 9.17) is 24.3 Å². The maximum absolute atomic E-state index is 13.7. The summed E-state index contributed by atoms with van der Waals surface area (Å²) >= 11 is 0. The van der Waals surface area contributed by atoms with Gasteiger partial charge in [-0.2, -0.15) is 5.10 Å². The number of hydrogen-bond acceptors (Lipinski definition) is 11. The highest BCUT2D eigenvalue weighted by atomic mass is 31.2. The number of aliphatic hydroxyl groups excluding tert-OH is 2. The van der Waals surface area contributed by atoms with Gasteiger partial charge in [0, 0.05) is 6.54 Å². The van der Waals surface area contributed by atoms with Crippen LogP contribution in [0.5, 0.6) is 5.75 Å². The molecule has 0 amide bonds. The predicted octanol–water partition coefficient (Wildman–Crippen LogP) is 2.25. The van der Waals surface area contributed by atoms with Gasteiger partial charge in [-0.3, -0.25) is 9.32 Å². The zero-order chi connectivity index (χ0) is 28.4. The molecule has 1 aliphatic heterocycles. The highest BCUT2D eigenvalue weighted by Crippen LogP contribution is 2.48. The van der Waals surface area contributed by atoms with Crippen molar-refractivity contribution in [1.82, 2.24) is 19.7 Å². The molecule has 0 aliphatic carbocycles. The molecule has 5 N–H and O–H groups in total. The van der Waals surface area contributed by atoms with E-state index in [9.17, 15) is 19.6 Å². The van der Waals surface area contributed by atoms with Gasteiger partial charge in [-0.1, -0.05) is 18.2 Å². The van der Waals surface area contributed by atoms with Gasteiger partial charge in [0.15, 0.2) is 5.82 Å². The van der Waals surface area contributed by atoms with Crippen LogP contribution in [0.25, 0.3) is 5.52 Å². The zero-order valence-electron chi connectivity index (χ0n) is 22.2. The Hall–Kier alpha value is -3.06. The van der Waals surface area contributed by atoms with Gasteiger partial charge >= 0.3 is 13.7 Å². The van der Waals surface area contributed by atoms with Crippen molar-refractivity contribution >= 4 is 25.1 Å². The van der Waals surface area contributed by atoms with Crippen LogP contribution in [0.1, 0.15) is 39.5 Å². The number of ether oxygens (including phenoxy) is 2. The van der Waals surface area contributed by atoms with E-state index in [2.05, 4.69) is 15.2 Å². The fourth-order valence-electron chi connectivity index (χ4n) is 3.98. The molecule has 3 aromatic rings. The molecule has 1 aliphatic rings. The molecule has 39 heavy (non-hydrogen) atoms. The van der Waals surface area contributed by atoms with E-state index in [1.165, 1.54) is 17.8 Å². The summed E-state index contributed by atoms with van der Waals surface area (Å²) in [6, 6.07) is 11.7. The fraction of sp³-hybridized carbons (Fsp3) is 0.480. The molecular formula is C25H34N5O8P. The van der Waals surface area contributed by atoms with Crippen LogP contribution in [-0.2, 0) is 23.4 Å². The summed E-state index contributed by atoms with van der Waals surface area (Å²) in [6.07, 6.45) is -2.49. The van der Waals surface area contributed by atoms with Crippen LogP contribution in [0.3, 0.4) is 0 Å². The standard InChI is InChI=1S/C25H34N5O8P/c1-24(2,3)23(33)35-13-12-29-39(34,38-16-8-6-5-7-9-16)36-14-25(4)21(32)19(31)20(37-25)17-10-11-18-22(26)27-15-28-30(17)18/h5-11,15,19-21,31-32H,12-14H2,1-4H3,(H,29,34)(H2,26,27,28)/t19-,20-,21-,25+,39?/m0/s1. The Morgan fingerprint density at radius 3 is 2.64 bits per heavy atom. The molecule has 1 fully saturated rings. The number of para-hydroxylation sites is 1. The Balaban J connectivity index is 1.48. The first-order valence-electron chi connectivity index (χ1n) is 12.4. The van der Waals surface area contributed by atoms with E-state index < -0.39 is 49.7 Å². The number of anilines is 1. The average Bonchev–Trinajstić information content (AvgIpc) is 3.41. The monoisotopic (exact) mass is 563 g/mol. The van der Waals surface area contributed by atoms with Crippen molar-refractivity contribution < 1.29 is 38.1 Å². The van der Waals surface area contributed by atoms with Crippen molar-refractivity contribution in [3.63, 3.8) is 0 Å². The molecule has 2 aromatic heterocycles. The number of esters is 1. The van der Waals surface area contributed by atoms with E-state index in [1.807, 2.05) is 0 Å². The first-order valence-corrected chi connectivity index (χ1v) is 13.9. The highest BCUT2D eigenvalue weighted by molar-refractivity contribution is 7.52. The van der Waals surface area contributed by atoms with Gasteiger partial charge in [-0.25, -0.2) is 19.2 Å². The fourth-order valence-corrected chi connectivity index (χ4v) is 5.38. The number of carbonyl (C=O) groups is 1. The molecule has 1 saturated heterocycles. The first-order chi connectivity index (χ1) is 18.3. The smallest absolute Gasteiger partial charge is 0.458 e. The molecular weight excluding hydrogens is 529 g/mol. The van der Waals surface area contributed by atoms with Crippen LogP contribution in [0, 0.1) is 5.41 Å². The van der Waals surface area contributed by atoms with Crippen LogP contribution in [0.2, 0.25) is 0 Å². The molecule has 4 rings (SSSR count). The van der Waals surface area contributed by atoms with Crippen LogP contribution in [0.4, 0.5) is 5.82 Å². The maximum atomic E-state index is 13.7. The lowest BCUT2D eigenvalue weighted by Gasteiger charge is -2.29. The second kappa shape index (κ2) is 11.2. The summed E-state index contributed by atoms with van der Waals surface area (Å²) in [4.78, 5) is 16.0. The quantitative estimate of drug-likeness (QED) is 0.161. The van der Waals surface area contributed by atoms with Crippen molar-refractivity contribution in [3.05, 3.63) is 54.5 Å². The Morgan fingerprint density at radius 2 is 1.95 bits per heavy atom. The minimum atomic E-state index is -4.07. The van der Waals surface area contributed by atoms with Gasteiger partial charge in [-0.05, 0) is 52.0 Å². The van der Waals surface area contributed by atoms with E-state index in [0.717, 1.165) is 0 Å². The van der Waals surface area contributed by atoms with Crippen molar-refractivity contribution in [2.24, 2.45) is 5.41 Å². The van der Waals surface area contributed by atoms with Gasteiger partial charge in [0.25, 0.3) is 0 Å². The van der Waals surface area contributed by atoms with Crippen LogP contribution >= 0.6 is 7.75 Å². The summed E-state index contributed by atoms with van der Waals surface area (Å²) in [5.74, 6) is 0.102. The topological polar surface area (TPSA) is 180 Å². The van der Waals surface area contributed by atoms with E-state index in [-0.39, 0.29) is 24.7 Å². The Kier molecular flexibility index (Phi) is 8.31. The highest BCUT2D eigenvalue weighted by Gasteiger charge is 2.53. The predicted molar refractivity (Wildman–Crippen MR) is 141 cm³/mol. The third-order valence-electron chi connectivity index (χ3n) is 6.20. The largest absolute Gasteiger partial charge is 0.464 e. The number of benzene rings is 1. The summed E-state index contributed by atoms with van der Waals surface area (Å²) in [5, 5.41) is 28.6. The molecule has 13 nitrogen and oxygen atoms in total. The van der Waals surface area contributed by atoms with Gasteiger partial charge in [0.05, 0.1) is 17.7 Å². The van der Waals surface area contributed by atoms with Gasteiger partial charge in [0.2, 0.25) is 0 Å². The first kappa shape index (κ1) is 28.9. The summed E-state index contributed by atoms with van der Waals surface area (Å²) < 4.78 is 37.9.